The van der Waals surface area contributed by atoms with Crippen molar-refractivity contribution in [3.8, 4) is 0 Å². The van der Waals surface area contributed by atoms with E-state index in [1.807, 2.05) is 18.3 Å². The Morgan fingerprint density at radius 2 is 1.95 bits per heavy atom. The van der Waals surface area contributed by atoms with Crippen LogP contribution in [0.4, 0.5) is 11.5 Å². The molecule has 1 atom stereocenters. The van der Waals surface area contributed by atoms with Crippen LogP contribution in [0.3, 0.4) is 0 Å². The van der Waals surface area contributed by atoms with Gasteiger partial charge < -0.3 is 10.1 Å². The highest BCUT2D eigenvalue weighted by Gasteiger charge is 2.26. The predicted octanol–water partition coefficient (Wildman–Crippen LogP) is 3.70. The molecule has 2 aromatic rings. The highest BCUT2D eigenvalue weighted by molar-refractivity contribution is 5.70. The minimum atomic E-state index is 0.238. The maximum absolute atomic E-state index is 5.84. The molecule has 1 unspecified atom stereocenters. The lowest BCUT2D eigenvalue weighted by molar-refractivity contribution is 0.0733. The van der Waals surface area contributed by atoms with Gasteiger partial charge in [0.2, 0.25) is 0 Å². The number of nitrogens with zero attached hydrogens (tertiary/aromatic N) is 1. The molecule has 1 N–H and O–H groups in total. The van der Waals surface area contributed by atoms with Gasteiger partial charge in [0.25, 0.3) is 0 Å². The summed E-state index contributed by atoms with van der Waals surface area (Å²) >= 11 is 0. The second-order valence-corrected chi connectivity index (χ2v) is 5.09. The summed E-state index contributed by atoms with van der Waals surface area (Å²) in [6.07, 6.45) is 2.06. The molecule has 1 aromatic heterocycles. The summed E-state index contributed by atoms with van der Waals surface area (Å²) in [5.74, 6) is 1.20. The zero-order valence-electron chi connectivity index (χ0n) is 11.3. The van der Waals surface area contributed by atoms with Gasteiger partial charge in [-0.15, -0.1) is 0 Å². The third-order valence-corrected chi connectivity index (χ3v) is 3.40. The van der Waals surface area contributed by atoms with Gasteiger partial charge in [0, 0.05) is 23.4 Å². The van der Waals surface area contributed by atoms with Gasteiger partial charge in [-0.3, -0.25) is 0 Å². The molecule has 19 heavy (non-hydrogen) atoms. The number of rotatable bonds is 3. The first-order valence-corrected chi connectivity index (χ1v) is 6.68. The molecule has 0 radical (unpaired) electrons. The van der Waals surface area contributed by atoms with Crippen molar-refractivity contribution in [1.29, 1.82) is 0 Å². The first-order valence-electron chi connectivity index (χ1n) is 6.68. The Labute approximate surface area is 113 Å². The van der Waals surface area contributed by atoms with Crippen molar-refractivity contribution in [3.05, 3.63) is 53.7 Å². The van der Waals surface area contributed by atoms with E-state index < -0.39 is 0 Å². The van der Waals surface area contributed by atoms with E-state index in [4.69, 9.17) is 4.74 Å². The van der Waals surface area contributed by atoms with E-state index in [2.05, 4.69) is 48.4 Å². The average Bonchev–Trinajstić information content (AvgIpc) is 2.43. The molecule has 0 bridgehead atoms. The summed E-state index contributed by atoms with van der Waals surface area (Å²) in [6, 6.07) is 12.5. The van der Waals surface area contributed by atoms with E-state index in [1.54, 1.807) is 0 Å². The standard InChI is InChI=1S/C16H18N2O/c1-11(2)19-10-14-12-6-3-4-8-15(12)18-16-13(14)7-5-9-17-16/h3-9,11,14H,10H2,1-2H3,(H,17,18). The molecule has 3 rings (SSSR count). The van der Waals surface area contributed by atoms with Gasteiger partial charge in [-0.2, -0.15) is 0 Å². The van der Waals surface area contributed by atoms with Crippen molar-refractivity contribution in [1.82, 2.24) is 4.98 Å². The molecular weight excluding hydrogens is 236 g/mol. The molecule has 0 spiro atoms. The van der Waals surface area contributed by atoms with Crippen molar-refractivity contribution < 1.29 is 4.74 Å². The third kappa shape index (κ3) is 2.34. The molecule has 2 heterocycles. The molecule has 0 saturated heterocycles. The number of para-hydroxylation sites is 1. The van der Waals surface area contributed by atoms with E-state index in [-0.39, 0.29) is 12.0 Å². The second kappa shape index (κ2) is 5.02. The summed E-state index contributed by atoms with van der Waals surface area (Å²) in [7, 11) is 0. The zero-order valence-corrected chi connectivity index (χ0v) is 11.3. The minimum Gasteiger partial charge on any atom is -0.378 e. The van der Waals surface area contributed by atoms with Gasteiger partial charge in [0.15, 0.2) is 0 Å². The van der Waals surface area contributed by atoms with Gasteiger partial charge >= 0.3 is 0 Å². The smallest absolute Gasteiger partial charge is 0.134 e. The summed E-state index contributed by atoms with van der Waals surface area (Å²) in [5.41, 5.74) is 3.62. The molecule has 1 aliphatic rings. The summed E-state index contributed by atoms with van der Waals surface area (Å²) in [6.45, 7) is 4.82. The van der Waals surface area contributed by atoms with E-state index in [9.17, 15) is 0 Å². The van der Waals surface area contributed by atoms with Crippen molar-refractivity contribution in [2.45, 2.75) is 25.9 Å². The van der Waals surface area contributed by atoms with Gasteiger partial charge in [-0.25, -0.2) is 4.98 Å². The fourth-order valence-corrected chi connectivity index (χ4v) is 2.48. The van der Waals surface area contributed by atoms with Gasteiger partial charge in [-0.05, 0) is 31.5 Å². The Balaban J connectivity index is 2.01. The van der Waals surface area contributed by atoms with Crippen LogP contribution in [0.5, 0.6) is 0 Å². The van der Waals surface area contributed by atoms with Crippen LogP contribution in [-0.2, 0) is 4.74 Å². The topological polar surface area (TPSA) is 34.1 Å². The predicted molar refractivity (Wildman–Crippen MR) is 76.9 cm³/mol. The van der Waals surface area contributed by atoms with Gasteiger partial charge in [-0.1, -0.05) is 24.3 Å². The van der Waals surface area contributed by atoms with Crippen molar-refractivity contribution in [3.63, 3.8) is 0 Å². The number of ether oxygens (including phenoxy) is 1. The first-order chi connectivity index (χ1) is 9.25. The fraction of sp³-hybridized carbons (Fsp3) is 0.312. The maximum atomic E-state index is 5.84. The number of nitrogens with one attached hydrogen (secondary N) is 1. The lowest BCUT2D eigenvalue weighted by atomic mass is 9.88. The molecule has 98 valence electrons. The molecule has 0 amide bonds. The van der Waals surface area contributed by atoms with Crippen LogP contribution in [0, 0.1) is 0 Å². The van der Waals surface area contributed by atoms with Crippen molar-refractivity contribution in [2.24, 2.45) is 0 Å². The summed E-state index contributed by atoms with van der Waals surface area (Å²) in [5, 5.41) is 3.39. The van der Waals surface area contributed by atoms with Crippen LogP contribution in [0.1, 0.15) is 30.9 Å². The molecule has 0 saturated carbocycles. The molecular formula is C16H18N2O. The normalized spacial score (nSPS) is 16.7. The highest BCUT2D eigenvalue weighted by atomic mass is 16.5. The third-order valence-electron chi connectivity index (χ3n) is 3.40. The Bertz CT molecular complexity index is 535. The zero-order chi connectivity index (χ0) is 13.2. The van der Waals surface area contributed by atoms with Crippen molar-refractivity contribution >= 4 is 11.5 Å². The van der Waals surface area contributed by atoms with Crippen LogP contribution in [0.25, 0.3) is 0 Å². The van der Waals surface area contributed by atoms with E-state index in [0.717, 1.165) is 11.5 Å². The van der Waals surface area contributed by atoms with Crippen LogP contribution >= 0.6 is 0 Å². The number of benzene rings is 1. The van der Waals surface area contributed by atoms with Crippen molar-refractivity contribution in [2.75, 3.05) is 11.9 Å². The van der Waals surface area contributed by atoms with E-state index in [1.165, 1.54) is 11.1 Å². The first kappa shape index (κ1) is 12.2. The molecule has 3 nitrogen and oxygen atoms in total. The summed E-state index contributed by atoms with van der Waals surface area (Å²) in [4.78, 5) is 4.43. The summed E-state index contributed by atoms with van der Waals surface area (Å²) < 4.78 is 5.84. The number of fused-ring (bicyclic) bond motifs is 2. The van der Waals surface area contributed by atoms with Gasteiger partial charge in [0.05, 0.1) is 12.7 Å². The SMILES string of the molecule is CC(C)OCC1c2ccccc2Nc2ncccc21. The number of anilines is 2. The monoisotopic (exact) mass is 254 g/mol. The Kier molecular flexibility index (Phi) is 3.22. The maximum Gasteiger partial charge on any atom is 0.134 e. The second-order valence-electron chi connectivity index (χ2n) is 5.09. The van der Waals surface area contributed by atoms with Crippen LogP contribution in [0.2, 0.25) is 0 Å². The minimum absolute atomic E-state index is 0.238. The Hall–Kier alpha value is -1.87. The number of aromatic nitrogens is 1. The Morgan fingerprint density at radius 3 is 2.79 bits per heavy atom. The highest BCUT2D eigenvalue weighted by Crippen LogP contribution is 2.39. The van der Waals surface area contributed by atoms with Crippen LogP contribution < -0.4 is 5.32 Å². The van der Waals surface area contributed by atoms with E-state index in [0.29, 0.717) is 6.61 Å². The lowest BCUT2D eigenvalue weighted by Gasteiger charge is -2.28. The molecule has 3 heteroatoms. The van der Waals surface area contributed by atoms with Gasteiger partial charge in [0.1, 0.15) is 5.82 Å². The van der Waals surface area contributed by atoms with Crippen LogP contribution in [0.15, 0.2) is 42.6 Å². The molecule has 0 aliphatic carbocycles. The fourth-order valence-electron chi connectivity index (χ4n) is 2.48. The number of hydrogen-bond donors (Lipinski definition) is 1. The number of hydrogen-bond acceptors (Lipinski definition) is 3. The molecule has 1 aromatic carbocycles. The molecule has 0 fully saturated rings. The lowest BCUT2D eigenvalue weighted by Crippen LogP contribution is -2.19. The quantitative estimate of drug-likeness (QED) is 0.907. The molecule has 1 aliphatic heterocycles. The number of pyridine rings is 1. The largest absolute Gasteiger partial charge is 0.378 e. The Morgan fingerprint density at radius 1 is 1.16 bits per heavy atom. The van der Waals surface area contributed by atoms with Crippen LogP contribution in [-0.4, -0.2) is 17.7 Å². The van der Waals surface area contributed by atoms with E-state index >= 15 is 0 Å². The average molecular weight is 254 g/mol.